The van der Waals surface area contributed by atoms with Gasteiger partial charge in [-0.25, -0.2) is 5.06 Å². The number of carbonyl (C=O) groups is 1. The second-order valence-electron chi connectivity index (χ2n) is 3.70. The van der Waals surface area contributed by atoms with E-state index in [1.165, 1.54) is 12.2 Å². The predicted octanol–water partition coefficient (Wildman–Crippen LogP) is 1.59. The molecule has 0 atom stereocenters. The molecule has 1 aromatic heterocycles. The Morgan fingerprint density at radius 2 is 2.33 bits per heavy atom. The fraction of sp³-hybridized carbons (Fsp3) is 0.455. The zero-order valence-electron chi connectivity index (χ0n) is 8.93. The van der Waals surface area contributed by atoms with Crippen molar-refractivity contribution in [1.82, 2.24) is 10.0 Å². The molecule has 0 aliphatic heterocycles. The summed E-state index contributed by atoms with van der Waals surface area (Å²) in [5.74, 6) is 0.336. The van der Waals surface area contributed by atoms with E-state index in [2.05, 4.69) is 4.98 Å². The smallest absolute Gasteiger partial charge is 0.274 e. The molecule has 0 spiro atoms. The lowest BCUT2D eigenvalue weighted by molar-refractivity contribution is -0.0757. The molecule has 1 amide bonds. The number of pyridine rings is 1. The molecule has 0 unspecified atom stereocenters. The number of hydroxylamine groups is 2. The topological polar surface area (TPSA) is 42.4 Å². The Bertz CT molecular complexity index is 375. The van der Waals surface area contributed by atoms with E-state index in [9.17, 15) is 4.79 Å². The van der Waals surface area contributed by atoms with Gasteiger partial charge in [-0.1, -0.05) is 0 Å². The fourth-order valence-electron chi connectivity index (χ4n) is 1.53. The van der Waals surface area contributed by atoms with Gasteiger partial charge < -0.3 is 0 Å². The number of amides is 1. The van der Waals surface area contributed by atoms with Gasteiger partial charge in [-0.2, -0.15) is 0 Å². The van der Waals surface area contributed by atoms with E-state index in [4.69, 9.17) is 4.84 Å². The first-order valence-electron chi connectivity index (χ1n) is 5.01. The van der Waals surface area contributed by atoms with E-state index in [1.54, 1.807) is 25.4 Å². The molecule has 1 saturated carbocycles. The van der Waals surface area contributed by atoms with Crippen LogP contribution in [-0.2, 0) is 4.84 Å². The molecule has 0 radical (unpaired) electrons. The van der Waals surface area contributed by atoms with Crippen molar-refractivity contribution in [3.05, 3.63) is 29.6 Å². The van der Waals surface area contributed by atoms with Gasteiger partial charge in [0.05, 0.1) is 18.4 Å². The van der Waals surface area contributed by atoms with Crippen molar-refractivity contribution < 1.29 is 9.63 Å². The van der Waals surface area contributed by atoms with Crippen LogP contribution in [0.1, 0.15) is 34.8 Å². The monoisotopic (exact) mass is 206 g/mol. The summed E-state index contributed by atoms with van der Waals surface area (Å²) < 4.78 is 0. The molecular formula is C11H14N2O2. The van der Waals surface area contributed by atoms with E-state index >= 15 is 0 Å². The summed E-state index contributed by atoms with van der Waals surface area (Å²) in [6.07, 6.45) is 4.00. The molecule has 0 aromatic carbocycles. The highest BCUT2D eigenvalue weighted by atomic mass is 16.7. The van der Waals surface area contributed by atoms with Crippen molar-refractivity contribution in [1.29, 1.82) is 0 Å². The molecule has 4 heteroatoms. The average Bonchev–Trinajstić information content (AvgIpc) is 3.11. The van der Waals surface area contributed by atoms with Gasteiger partial charge in [0.1, 0.15) is 0 Å². The molecule has 1 fully saturated rings. The molecule has 0 bridgehead atoms. The molecule has 1 heterocycles. The van der Waals surface area contributed by atoms with E-state index < -0.39 is 0 Å². The maximum absolute atomic E-state index is 11.9. The standard InChI is InChI=1S/C11H14N2O2/c1-13(15-2)11(14)9-4-3-7-12-10(9)8-5-6-8/h3-4,7-8H,5-6H2,1-2H3. The highest BCUT2D eigenvalue weighted by Gasteiger charge is 2.30. The third-order valence-corrected chi connectivity index (χ3v) is 2.59. The third kappa shape index (κ3) is 1.99. The van der Waals surface area contributed by atoms with Gasteiger partial charge in [0.15, 0.2) is 0 Å². The van der Waals surface area contributed by atoms with Crippen LogP contribution in [0.3, 0.4) is 0 Å². The van der Waals surface area contributed by atoms with Crippen LogP contribution in [0.4, 0.5) is 0 Å². The first-order valence-corrected chi connectivity index (χ1v) is 5.01. The van der Waals surface area contributed by atoms with Crippen LogP contribution in [0.2, 0.25) is 0 Å². The minimum absolute atomic E-state index is 0.132. The lowest BCUT2D eigenvalue weighted by Gasteiger charge is -2.15. The molecule has 1 aliphatic rings. The highest BCUT2D eigenvalue weighted by molar-refractivity contribution is 5.94. The van der Waals surface area contributed by atoms with Crippen molar-refractivity contribution in [2.45, 2.75) is 18.8 Å². The first-order chi connectivity index (χ1) is 7.24. The molecule has 4 nitrogen and oxygen atoms in total. The molecule has 15 heavy (non-hydrogen) atoms. The van der Waals surface area contributed by atoms with Crippen LogP contribution in [0.25, 0.3) is 0 Å². The number of aromatic nitrogens is 1. The molecular weight excluding hydrogens is 192 g/mol. The van der Waals surface area contributed by atoms with Gasteiger partial charge in [-0.15, -0.1) is 0 Å². The fourth-order valence-corrected chi connectivity index (χ4v) is 1.53. The van der Waals surface area contributed by atoms with Gasteiger partial charge in [-0.05, 0) is 25.0 Å². The lowest BCUT2D eigenvalue weighted by atomic mass is 10.1. The van der Waals surface area contributed by atoms with Crippen LogP contribution in [0, 0.1) is 0 Å². The Hall–Kier alpha value is -1.42. The Labute approximate surface area is 88.8 Å². The molecule has 0 saturated heterocycles. The van der Waals surface area contributed by atoms with Gasteiger partial charge in [0.25, 0.3) is 5.91 Å². The Kier molecular flexibility index (Phi) is 2.68. The maximum atomic E-state index is 11.9. The van der Waals surface area contributed by atoms with Crippen LogP contribution in [-0.4, -0.2) is 30.1 Å². The van der Waals surface area contributed by atoms with Gasteiger partial charge in [-0.3, -0.25) is 14.6 Å². The van der Waals surface area contributed by atoms with Crippen molar-refractivity contribution in [3.63, 3.8) is 0 Å². The van der Waals surface area contributed by atoms with E-state index in [-0.39, 0.29) is 5.91 Å². The number of nitrogens with zero attached hydrogens (tertiary/aromatic N) is 2. The summed E-state index contributed by atoms with van der Waals surface area (Å²) in [4.78, 5) is 21.0. The molecule has 1 aromatic rings. The minimum atomic E-state index is -0.132. The predicted molar refractivity (Wildman–Crippen MR) is 55.3 cm³/mol. The van der Waals surface area contributed by atoms with E-state index in [1.807, 2.05) is 0 Å². The largest absolute Gasteiger partial charge is 0.279 e. The number of hydrogen-bond donors (Lipinski definition) is 0. The average molecular weight is 206 g/mol. The van der Waals surface area contributed by atoms with E-state index in [0.29, 0.717) is 11.5 Å². The van der Waals surface area contributed by atoms with Crippen LogP contribution < -0.4 is 0 Å². The van der Waals surface area contributed by atoms with Gasteiger partial charge >= 0.3 is 0 Å². The minimum Gasteiger partial charge on any atom is -0.274 e. The summed E-state index contributed by atoms with van der Waals surface area (Å²) in [5.41, 5.74) is 1.57. The number of carbonyl (C=O) groups excluding carboxylic acids is 1. The summed E-state index contributed by atoms with van der Waals surface area (Å²) in [7, 11) is 3.08. The zero-order chi connectivity index (χ0) is 10.8. The van der Waals surface area contributed by atoms with Gasteiger partial charge in [0, 0.05) is 19.2 Å². The molecule has 80 valence electrons. The zero-order valence-corrected chi connectivity index (χ0v) is 8.93. The van der Waals surface area contributed by atoms with Crippen molar-refractivity contribution in [3.8, 4) is 0 Å². The lowest BCUT2D eigenvalue weighted by Crippen LogP contribution is -2.26. The highest BCUT2D eigenvalue weighted by Crippen LogP contribution is 2.40. The molecule has 2 rings (SSSR count). The Morgan fingerprint density at radius 3 is 2.93 bits per heavy atom. The Morgan fingerprint density at radius 1 is 1.60 bits per heavy atom. The van der Waals surface area contributed by atoms with Crippen LogP contribution >= 0.6 is 0 Å². The van der Waals surface area contributed by atoms with Crippen molar-refractivity contribution in [2.24, 2.45) is 0 Å². The summed E-state index contributed by atoms with van der Waals surface area (Å²) in [5, 5.41) is 1.23. The second-order valence-corrected chi connectivity index (χ2v) is 3.70. The normalized spacial score (nSPS) is 15.1. The number of rotatable bonds is 3. The van der Waals surface area contributed by atoms with Crippen LogP contribution in [0.15, 0.2) is 18.3 Å². The first kappa shape index (κ1) is 10.1. The summed E-state index contributed by atoms with van der Waals surface area (Å²) >= 11 is 0. The second kappa shape index (κ2) is 3.98. The Balaban J connectivity index is 2.30. The third-order valence-electron chi connectivity index (χ3n) is 2.59. The van der Waals surface area contributed by atoms with Crippen molar-refractivity contribution in [2.75, 3.05) is 14.2 Å². The van der Waals surface area contributed by atoms with Crippen molar-refractivity contribution >= 4 is 5.91 Å². The van der Waals surface area contributed by atoms with E-state index in [0.717, 1.165) is 18.5 Å². The summed E-state index contributed by atoms with van der Waals surface area (Å²) in [6.45, 7) is 0. The maximum Gasteiger partial charge on any atom is 0.279 e. The quantitative estimate of drug-likeness (QED) is 0.705. The SMILES string of the molecule is CON(C)C(=O)c1cccnc1C1CC1. The molecule has 1 aliphatic carbocycles. The van der Waals surface area contributed by atoms with Crippen LogP contribution in [0.5, 0.6) is 0 Å². The number of hydrogen-bond acceptors (Lipinski definition) is 3. The summed E-state index contributed by atoms with van der Waals surface area (Å²) in [6, 6.07) is 3.58. The van der Waals surface area contributed by atoms with Gasteiger partial charge in [0.2, 0.25) is 0 Å². The molecule has 0 N–H and O–H groups in total.